The Labute approximate surface area is 155 Å². The van der Waals surface area contributed by atoms with Crippen LogP contribution in [0.15, 0.2) is 24.3 Å². The molecule has 0 aliphatic heterocycles. The van der Waals surface area contributed by atoms with E-state index < -0.39 is 17.9 Å². The van der Waals surface area contributed by atoms with E-state index in [0.29, 0.717) is 0 Å². The number of aliphatic hydroxyl groups excluding tert-OH is 1. The monoisotopic (exact) mass is 362 g/mol. The first-order valence-corrected chi connectivity index (χ1v) is 9.48. The van der Waals surface area contributed by atoms with Crippen LogP contribution in [-0.2, 0) is 14.3 Å². The fraction of sp³-hybridized carbons (Fsp3) is 0.600. The molecular weight excluding hydrogens is 332 g/mol. The third-order valence-corrected chi connectivity index (χ3v) is 4.70. The van der Waals surface area contributed by atoms with E-state index in [9.17, 15) is 9.59 Å². The lowest BCUT2D eigenvalue weighted by atomic mass is 10.1. The van der Waals surface area contributed by atoms with Crippen LogP contribution in [0.5, 0.6) is 0 Å². The van der Waals surface area contributed by atoms with Crippen molar-refractivity contribution in [2.75, 3.05) is 19.8 Å². The number of hydrogen-bond acceptors (Lipinski definition) is 4. The van der Waals surface area contributed by atoms with Gasteiger partial charge in [0.05, 0.1) is 19.3 Å². The minimum absolute atomic E-state index is 0.0919. The zero-order valence-electron chi connectivity index (χ0n) is 15.5. The largest absolute Gasteiger partial charge is 0.394 e. The molecule has 1 unspecified atom stereocenters. The Morgan fingerprint density at radius 1 is 1.12 bits per heavy atom. The van der Waals surface area contributed by atoms with Gasteiger partial charge in [-0.1, -0.05) is 55.5 Å². The van der Waals surface area contributed by atoms with Gasteiger partial charge in [0, 0.05) is 12.6 Å². The topological polar surface area (TPSA) is 87.7 Å². The van der Waals surface area contributed by atoms with Gasteiger partial charge in [-0.15, -0.1) is 0 Å². The lowest BCUT2D eigenvalue weighted by Gasteiger charge is -2.20. The highest BCUT2D eigenvalue weighted by molar-refractivity contribution is 6.35. The molecule has 3 N–H and O–H groups in total. The Bertz CT molecular complexity index is 566. The fourth-order valence-corrected chi connectivity index (χ4v) is 3.19. The van der Waals surface area contributed by atoms with Gasteiger partial charge in [-0.25, -0.2) is 0 Å². The van der Waals surface area contributed by atoms with Crippen molar-refractivity contribution in [3.8, 4) is 0 Å². The number of aliphatic hydroxyl groups is 1. The van der Waals surface area contributed by atoms with E-state index in [2.05, 4.69) is 10.6 Å². The van der Waals surface area contributed by atoms with Gasteiger partial charge in [-0.3, -0.25) is 9.59 Å². The van der Waals surface area contributed by atoms with Crippen LogP contribution in [0.3, 0.4) is 0 Å². The van der Waals surface area contributed by atoms with Crippen LogP contribution in [0, 0.1) is 6.92 Å². The maximum absolute atomic E-state index is 12.1. The summed E-state index contributed by atoms with van der Waals surface area (Å²) < 4.78 is 5.62. The summed E-state index contributed by atoms with van der Waals surface area (Å²) in [6.07, 6.45) is 6.04. The minimum Gasteiger partial charge on any atom is -0.394 e. The van der Waals surface area contributed by atoms with Gasteiger partial charge in [-0.2, -0.15) is 0 Å². The van der Waals surface area contributed by atoms with Crippen molar-refractivity contribution in [3.05, 3.63) is 35.4 Å². The van der Waals surface area contributed by atoms with Crippen LogP contribution in [0.2, 0.25) is 0 Å². The summed E-state index contributed by atoms with van der Waals surface area (Å²) in [5, 5.41) is 14.5. The van der Waals surface area contributed by atoms with Crippen molar-refractivity contribution in [2.24, 2.45) is 0 Å². The van der Waals surface area contributed by atoms with Gasteiger partial charge in [0.1, 0.15) is 0 Å². The molecular formula is C20H30N2O4. The molecule has 0 saturated heterocycles. The molecule has 0 bridgehead atoms. The van der Waals surface area contributed by atoms with E-state index in [0.717, 1.165) is 36.8 Å². The summed E-state index contributed by atoms with van der Waals surface area (Å²) in [5.41, 5.74) is 2.02. The smallest absolute Gasteiger partial charge is 0.309 e. The highest BCUT2D eigenvalue weighted by Gasteiger charge is 2.21. The van der Waals surface area contributed by atoms with Crippen LogP contribution < -0.4 is 10.6 Å². The first kappa shape index (κ1) is 20.4. The average molecular weight is 362 g/mol. The molecule has 1 aromatic carbocycles. The molecule has 1 aliphatic carbocycles. The summed E-state index contributed by atoms with van der Waals surface area (Å²) in [4.78, 5) is 24.3. The van der Waals surface area contributed by atoms with Gasteiger partial charge in [0.2, 0.25) is 0 Å². The predicted molar refractivity (Wildman–Crippen MR) is 99.6 cm³/mol. The van der Waals surface area contributed by atoms with Gasteiger partial charge >= 0.3 is 11.8 Å². The number of ether oxygens (including phenoxy) is 1. The standard InChI is InChI=1S/C20H30N2O4/c1-15-8-10-16(11-9-15)18(26-13-12-23)14-21-19(24)20(25)22-17-6-4-2-3-5-7-17/h8-11,17-18,23H,2-7,12-14H2,1H3,(H,21,24)(H,22,25). The zero-order chi connectivity index (χ0) is 18.8. The second kappa shape index (κ2) is 10.9. The van der Waals surface area contributed by atoms with Gasteiger partial charge in [0.15, 0.2) is 0 Å². The van der Waals surface area contributed by atoms with Crippen molar-refractivity contribution >= 4 is 11.8 Å². The first-order chi connectivity index (χ1) is 12.6. The highest BCUT2D eigenvalue weighted by atomic mass is 16.5. The van der Waals surface area contributed by atoms with Crippen molar-refractivity contribution in [1.29, 1.82) is 0 Å². The molecule has 1 atom stereocenters. The molecule has 26 heavy (non-hydrogen) atoms. The highest BCUT2D eigenvalue weighted by Crippen LogP contribution is 2.18. The van der Waals surface area contributed by atoms with Gasteiger partial charge < -0.3 is 20.5 Å². The van der Waals surface area contributed by atoms with Crippen LogP contribution in [0.1, 0.15) is 55.8 Å². The summed E-state index contributed by atoms with van der Waals surface area (Å²) in [6, 6.07) is 7.87. The molecule has 0 spiro atoms. The molecule has 6 heteroatoms. The summed E-state index contributed by atoms with van der Waals surface area (Å²) in [7, 11) is 0. The molecule has 144 valence electrons. The van der Waals surface area contributed by atoms with Crippen LogP contribution >= 0.6 is 0 Å². The van der Waals surface area contributed by atoms with Gasteiger partial charge in [0.25, 0.3) is 0 Å². The number of aryl methyl sites for hydroxylation is 1. The summed E-state index contributed by atoms with van der Waals surface area (Å²) in [5.74, 6) is -1.22. The Balaban J connectivity index is 1.86. The molecule has 2 amide bonds. The normalized spacial score (nSPS) is 16.5. The molecule has 6 nitrogen and oxygen atoms in total. The van der Waals surface area contributed by atoms with Crippen molar-refractivity contribution in [2.45, 2.75) is 57.6 Å². The Hall–Kier alpha value is -1.92. The van der Waals surface area contributed by atoms with Crippen LogP contribution in [0.25, 0.3) is 0 Å². The first-order valence-electron chi connectivity index (χ1n) is 9.48. The minimum atomic E-state index is -0.640. The van der Waals surface area contributed by atoms with E-state index in [4.69, 9.17) is 9.84 Å². The Kier molecular flexibility index (Phi) is 8.58. The molecule has 1 aliphatic rings. The molecule has 0 aromatic heterocycles. The fourth-order valence-electron chi connectivity index (χ4n) is 3.19. The second-order valence-corrected chi connectivity index (χ2v) is 6.87. The number of amides is 2. The van der Waals surface area contributed by atoms with Crippen molar-refractivity contribution in [3.63, 3.8) is 0 Å². The number of benzene rings is 1. The lowest BCUT2D eigenvalue weighted by Crippen LogP contribution is -2.45. The zero-order valence-corrected chi connectivity index (χ0v) is 15.5. The molecule has 1 aromatic rings. The lowest BCUT2D eigenvalue weighted by molar-refractivity contribution is -0.140. The second-order valence-electron chi connectivity index (χ2n) is 6.87. The summed E-state index contributed by atoms with van der Waals surface area (Å²) >= 11 is 0. The Morgan fingerprint density at radius 3 is 2.38 bits per heavy atom. The predicted octanol–water partition coefficient (Wildman–Crippen LogP) is 2.00. The van der Waals surface area contributed by atoms with Crippen LogP contribution in [0.4, 0.5) is 0 Å². The van der Waals surface area contributed by atoms with Gasteiger partial charge in [-0.05, 0) is 25.3 Å². The molecule has 1 fully saturated rings. The molecule has 0 radical (unpaired) electrons. The summed E-state index contributed by atoms with van der Waals surface area (Å²) in [6.45, 7) is 2.24. The SMILES string of the molecule is Cc1ccc(C(CNC(=O)C(=O)NC2CCCCCC2)OCCO)cc1. The van der Waals surface area contributed by atoms with Crippen molar-refractivity contribution in [1.82, 2.24) is 10.6 Å². The van der Waals surface area contributed by atoms with E-state index in [1.165, 1.54) is 12.8 Å². The maximum Gasteiger partial charge on any atom is 0.309 e. The molecule has 2 rings (SSSR count). The number of carbonyl (C=O) groups is 2. The number of rotatable bonds is 7. The number of hydrogen-bond donors (Lipinski definition) is 3. The molecule has 1 saturated carbocycles. The maximum atomic E-state index is 12.1. The number of nitrogens with one attached hydrogen (secondary N) is 2. The average Bonchev–Trinajstić information content (AvgIpc) is 2.91. The quantitative estimate of drug-likeness (QED) is 0.511. The third-order valence-electron chi connectivity index (χ3n) is 4.70. The van der Waals surface area contributed by atoms with E-state index in [1.54, 1.807) is 0 Å². The Morgan fingerprint density at radius 2 is 1.77 bits per heavy atom. The van der Waals surface area contributed by atoms with Crippen molar-refractivity contribution < 1.29 is 19.4 Å². The molecule has 0 heterocycles. The van der Waals surface area contributed by atoms with E-state index in [-0.39, 0.29) is 25.8 Å². The van der Waals surface area contributed by atoms with Crippen LogP contribution in [-0.4, -0.2) is 42.7 Å². The third kappa shape index (κ3) is 6.77. The van der Waals surface area contributed by atoms with E-state index >= 15 is 0 Å². The number of carbonyl (C=O) groups excluding carboxylic acids is 2. The van der Waals surface area contributed by atoms with E-state index in [1.807, 2.05) is 31.2 Å².